The molecule has 1 aliphatic rings. The highest BCUT2D eigenvalue weighted by Crippen LogP contribution is 2.18. The summed E-state index contributed by atoms with van der Waals surface area (Å²) in [5.74, 6) is 0.0173. The van der Waals surface area contributed by atoms with Crippen molar-refractivity contribution in [2.75, 3.05) is 26.2 Å². The lowest BCUT2D eigenvalue weighted by Gasteiger charge is -2.31. The largest absolute Gasteiger partial charge is 0.356 e. The molecule has 1 aromatic carbocycles. The molecule has 0 saturated carbocycles. The van der Waals surface area contributed by atoms with Gasteiger partial charge >= 0.3 is 0 Å². The van der Waals surface area contributed by atoms with Crippen LogP contribution in [0, 0.1) is 11.7 Å². The van der Waals surface area contributed by atoms with Gasteiger partial charge in [-0.2, -0.15) is 0 Å². The van der Waals surface area contributed by atoms with Crippen LogP contribution in [0.3, 0.4) is 0 Å². The maximum absolute atomic E-state index is 13.6. The molecular formula is C20H25FN2OS. The number of carbonyl (C=O) groups excluding carboxylic acids is 1. The summed E-state index contributed by atoms with van der Waals surface area (Å²) in [6.07, 6.45) is 3.46. The Morgan fingerprint density at radius 2 is 1.96 bits per heavy atom. The van der Waals surface area contributed by atoms with E-state index >= 15 is 0 Å². The third-order valence-electron chi connectivity index (χ3n) is 4.86. The van der Waals surface area contributed by atoms with Crippen LogP contribution < -0.4 is 5.32 Å². The second kappa shape index (κ2) is 9.11. The van der Waals surface area contributed by atoms with Crippen molar-refractivity contribution in [1.29, 1.82) is 0 Å². The van der Waals surface area contributed by atoms with Crippen molar-refractivity contribution in [2.24, 2.45) is 5.92 Å². The molecule has 1 amide bonds. The third-order valence-corrected chi connectivity index (χ3v) is 5.80. The van der Waals surface area contributed by atoms with Crippen LogP contribution >= 0.6 is 11.3 Å². The average molecular weight is 360 g/mol. The minimum atomic E-state index is -0.198. The Morgan fingerprint density at radius 1 is 1.16 bits per heavy atom. The smallest absolute Gasteiger partial charge is 0.223 e. The van der Waals surface area contributed by atoms with Crippen molar-refractivity contribution in [3.63, 3.8) is 0 Å². The number of benzene rings is 1. The molecule has 134 valence electrons. The SMILES string of the molecule is O=C(NCCc1ccccc1F)C1CCN(CCc2cccs2)CC1. The maximum Gasteiger partial charge on any atom is 0.223 e. The Kier molecular flexibility index (Phi) is 6.59. The summed E-state index contributed by atoms with van der Waals surface area (Å²) >= 11 is 1.81. The van der Waals surface area contributed by atoms with Gasteiger partial charge in [0.2, 0.25) is 5.91 Å². The van der Waals surface area contributed by atoms with E-state index in [0.717, 1.165) is 38.9 Å². The van der Waals surface area contributed by atoms with Gasteiger partial charge in [-0.1, -0.05) is 24.3 Å². The highest BCUT2D eigenvalue weighted by atomic mass is 32.1. The number of rotatable bonds is 7. The van der Waals surface area contributed by atoms with E-state index in [1.165, 1.54) is 10.9 Å². The van der Waals surface area contributed by atoms with E-state index in [2.05, 4.69) is 27.7 Å². The Hall–Kier alpha value is -1.72. The van der Waals surface area contributed by atoms with E-state index in [-0.39, 0.29) is 17.6 Å². The molecule has 0 spiro atoms. The number of piperidine rings is 1. The van der Waals surface area contributed by atoms with Gasteiger partial charge in [0, 0.05) is 23.9 Å². The molecule has 2 heterocycles. The number of halogens is 1. The van der Waals surface area contributed by atoms with Gasteiger partial charge in [-0.15, -0.1) is 11.3 Å². The first-order chi connectivity index (χ1) is 12.2. The fourth-order valence-corrected chi connectivity index (χ4v) is 4.01. The lowest BCUT2D eigenvalue weighted by molar-refractivity contribution is -0.126. The van der Waals surface area contributed by atoms with Gasteiger partial charge in [0.25, 0.3) is 0 Å². The van der Waals surface area contributed by atoms with Crippen LogP contribution in [0.5, 0.6) is 0 Å². The minimum Gasteiger partial charge on any atom is -0.356 e. The first kappa shape index (κ1) is 18.1. The molecule has 0 radical (unpaired) electrons. The van der Waals surface area contributed by atoms with Gasteiger partial charge in [-0.25, -0.2) is 4.39 Å². The molecule has 5 heteroatoms. The summed E-state index contributed by atoms with van der Waals surface area (Å²) in [4.78, 5) is 16.2. The molecule has 3 nitrogen and oxygen atoms in total. The second-order valence-corrected chi connectivity index (χ2v) is 7.61. The van der Waals surface area contributed by atoms with E-state index < -0.39 is 0 Å². The second-order valence-electron chi connectivity index (χ2n) is 6.58. The molecule has 1 fully saturated rings. The molecule has 25 heavy (non-hydrogen) atoms. The van der Waals surface area contributed by atoms with Crippen LogP contribution in [0.15, 0.2) is 41.8 Å². The molecule has 0 aliphatic carbocycles. The number of nitrogens with one attached hydrogen (secondary N) is 1. The molecule has 1 N–H and O–H groups in total. The highest BCUT2D eigenvalue weighted by Gasteiger charge is 2.24. The van der Waals surface area contributed by atoms with Gasteiger partial charge in [0.1, 0.15) is 5.82 Å². The molecule has 0 bridgehead atoms. The summed E-state index contributed by atoms with van der Waals surface area (Å²) in [5.41, 5.74) is 0.659. The van der Waals surface area contributed by atoms with Crippen molar-refractivity contribution in [3.05, 3.63) is 58.0 Å². The van der Waals surface area contributed by atoms with Crippen LogP contribution in [0.2, 0.25) is 0 Å². The van der Waals surface area contributed by atoms with E-state index in [9.17, 15) is 9.18 Å². The molecule has 0 unspecified atom stereocenters. The lowest BCUT2D eigenvalue weighted by atomic mass is 9.95. The Balaban J connectivity index is 1.34. The quantitative estimate of drug-likeness (QED) is 0.820. The number of hydrogen-bond donors (Lipinski definition) is 1. The molecular weight excluding hydrogens is 335 g/mol. The fraction of sp³-hybridized carbons (Fsp3) is 0.450. The fourth-order valence-electron chi connectivity index (χ4n) is 3.31. The Bertz CT molecular complexity index is 666. The monoisotopic (exact) mass is 360 g/mol. The number of hydrogen-bond acceptors (Lipinski definition) is 3. The molecule has 1 aliphatic heterocycles. The number of likely N-dealkylation sites (tertiary alicyclic amines) is 1. The first-order valence-electron chi connectivity index (χ1n) is 8.98. The van der Waals surface area contributed by atoms with Crippen molar-refractivity contribution < 1.29 is 9.18 Å². The van der Waals surface area contributed by atoms with E-state index in [1.807, 2.05) is 17.4 Å². The molecule has 2 aromatic rings. The third kappa shape index (κ3) is 5.38. The number of nitrogens with zero attached hydrogens (tertiary/aromatic N) is 1. The van der Waals surface area contributed by atoms with E-state index in [4.69, 9.17) is 0 Å². The van der Waals surface area contributed by atoms with Gasteiger partial charge < -0.3 is 10.2 Å². The van der Waals surface area contributed by atoms with Crippen molar-refractivity contribution >= 4 is 17.2 Å². The minimum absolute atomic E-state index is 0.0959. The molecule has 0 atom stereocenters. The zero-order chi connectivity index (χ0) is 17.5. The Labute approximate surface area is 152 Å². The topological polar surface area (TPSA) is 32.3 Å². The Morgan fingerprint density at radius 3 is 2.68 bits per heavy atom. The highest BCUT2D eigenvalue weighted by molar-refractivity contribution is 7.09. The van der Waals surface area contributed by atoms with Crippen LogP contribution in [0.4, 0.5) is 4.39 Å². The van der Waals surface area contributed by atoms with Crippen molar-refractivity contribution in [3.8, 4) is 0 Å². The normalized spacial score (nSPS) is 16.0. The molecule has 1 aromatic heterocycles. The predicted molar refractivity (Wildman–Crippen MR) is 100 cm³/mol. The summed E-state index contributed by atoms with van der Waals surface area (Å²) in [6.45, 7) is 3.54. The maximum atomic E-state index is 13.6. The summed E-state index contributed by atoms with van der Waals surface area (Å²) in [5, 5.41) is 5.09. The van der Waals surface area contributed by atoms with E-state index in [1.54, 1.807) is 12.1 Å². The number of thiophene rings is 1. The summed E-state index contributed by atoms with van der Waals surface area (Å²) in [6, 6.07) is 11.0. The van der Waals surface area contributed by atoms with Crippen molar-refractivity contribution in [2.45, 2.75) is 25.7 Å². The van der Waals surface area contributed by atoms with Crippen molar-refractivity contribution in [1.82, 2.24) is 10.2 Å². The summed E-state index contributed by atoms with van der Waals surface area (Å²) < 4.78 is 13.6. The lowest BCUT2D eigenvalue weighted by Crippen LogP contribution is -2.41. The van der Waals surface area contributed by atoms with Crippen LogP contribution in [0.25, 0.3) is 0 Å². The zero-order valence-electron chi connectivity index (χ0n) is 14.4. The van der Waals surface area contributed by atoms with Gasteiger partial charge in [-0.3, -0.25) is 4.79 Å². The summed E-state index contributed by atoms with van der Waals surface area (Å²) in [7, 11) is 0. The average Bonchev–Trinajstić information content (AvgIpc) is 3.15. The van der Waals surface area contributed by atoms with Gasteiger partial charge in [0.15, 0.2) is 0 Å². The van der Waals surface area contributed by atoms with Crippen LogP contribution in [-0.4, -0.2) is 37.0 Å². The number of amides is 1. The number of carbonyl (C=O) groups is 1. The molecule has 1 saturated heterocycles. The zero-order valence-corrected chi connectivity index (χ0v) is 15.2. The van der Waals surface area contributed by atoms with Gasteiger partial charge in [-0.05, 0) is 61.8 Å². The van der Waals surface area contributed by atoms with Crippen LogP contribution in [0.1, 0.15) is 23.3 Å². The van der Waals surface area contributed by atoms with Crippen LogP contribution in [-0.2, 0) is 17.6 Å². The first-order valence-corrected chi connectivity index (χ1v) is 9.86. The van der Waals surface area contributed by atoms with Gasteiger partial charge in [0.05, 0.1) is 0 Å². The predicted octanol–water partition coefficient (Wildman–Crippen LogP) is 3.50. The standard InChI is InChI=1S/C20H25FN2OS/c21-19-6-2-1-4-16(19)7-11-22-20(24)17-8-12-23(13-9-17)14-10-18-5-3-15-25-18/h1-6,15,17H,7-14H2,(H,22,24). The van der Waals surface area contributed by atoms with E-state index in [0.29, 0.717) is 18.5 Å². The molecule has 3 rings (SSSR count).